The van der Waals surface area contributed by atoms with Crippen molar-refractivity contribution in [1.82, 2.24) is 9.78 Å². The number of anilines is 1. The van der Waals surface area contributed by atoms with E-state index in [1.165, 1.54) is 6.20 Å². The summed E-state index contributed by atoms with van der Waals surface area (Å²) in [6, 6.07) is 1.01. The van der Waals surface area contributed by atoms with Crippen LogP contribution in [0, 0.1) is 11.0 Å². The van der Waals surface area contributed by atoms with Gasteiger partial charge in [0.05, 0.1) is 24.1 Å². The third-order valence-electron chi connectivity index (χ3n) is 3.94. The SMILES string of the molecule is CCN(C(=O)CCS(=O)(=O)CCC(F)(F)F)c1cn(-c2cc(F)c[n+]([O-])c2)nc1Cl. The maximum absolute atomic E-state index is 13.4. The third kappa shape index (κ3) is 6.55. The van der Waals surface area contributed by atoms with Crippen molar-refractivity contribution in [3.63, 3.8) is 0 Å². The molecule has 2 heterocycles. The zero-order valence-electron chi connectivity index (χ0n) is 15.6. The molecule has 0 aliphatic heterocycles. The average Bonchev–Trinajstić information content (AvgIpc) is 3.00. The minimum absolute atomic E-state index is 0.0244. The van der Waals surface area contributed by atoms with Crippen LogP contribution in [-0.2, 0) is 14.6 Å². The van der Waals surface area contributed by atoms with Crippen LogP contribution in [0.3, 0.4) is 0 Å². The van der Waals surface area contributed by atoms with Crippen LogP contribution in [0.2, 0.25) is 5.15 Å². The Morgan fingerprint density at radius 3 is 2.57 bits per heavy atom. The summed E-state index contributed by atoms with van der Waals surface area (Å²) in [4.78, 5) is 13.6. The zero-order valence-corrected chi connectivity index (χ0v) is 17.1. The molecule has 0 unspecified atom stereocenters. The summed E-state index contributed by atoms with van der Waals surface area (Å²) in [6.07, 6.45) is -3.72. The second-order valence-electron chi connectivity index (χ2n) is 6.23. The molecule has 0 saturated carbocycles. The van der Waals surface area contributed by atoms with Crippen molar-refractivity contribution < 1.29 is 35.5 Å². The van der Waals surface area contributed by atoms with Crippen LogP contribution in [0.5, 0.6) is 0 Å². The minimum Gasteiger partial charge on any atom is -0.619 e. The molecule has 0 aliphatic rings. The fourth-order valence-corrected chi connectivity index (χ4v) is 3.98. The number of alkyl halides is 3. The molecule has 0 bridgehead atoms. The van der Waals surface area contributed by atoms with Gasteiger partial charge in [0, 0.05) is 19.0 Å². The first-order valence-electron chi connectivity index (χ1n) is 8.54. The van der Waals surface area contributed by atoms with E-state index in [1.54, 1.807) is 6.92 Å². The largest absolute Gasteiger partial charge is 0.619 e. The summed E-state index contributed by atoms with van der Waals surface area (Å²) >= 11 is 6.03. The Balaban J connectivity index is 2.15. The van der Waals surface area contributed by atoms with E-state index in [1.807, 2.05) is 0 Å². The summed E-state index contributed by atoms with van der Waals surface area (Å²) in [5.41, 5.74) is 0.0925. The molecule has 0 spiro atoms. The standard InChI is InChI=1S/C16H17ClF4N4O4S/c1-2-24(14(26)3-5-30(28,29)6-4-16(19,20)21)13-10-25(22-15(13)17)12-7-11(18)8-23(27)9-12/h7-10H,2-6H2,1H3. The Bertz CT molecular complexity index is 1010. The van der Waals surface area contributed by atoms with Crippen LogP contribution in [0.15, 0.2) is 24.7 Å². The first kappa shape index (κ1) is 23.9. The lowest BCUT2D eigenvalue weighted by Gasteiger charge is -2.19. The number of pyridine rings is 1. The van der Waals surface area contributed by atoms with Gasteiger partial charge in [-0.05, 0) is 6.92 Å². The Morgan fingerprint density at radius 2 is 2.00 bits per heavy atom. The number of carbonyl (C=O) groups excluding carboxylic acids is 1. The van der Waals surface area contributed by atoms with Crippen molar-refractivity contribution in [3.05, 3.63) is 40.8 Å². The summed E-state index contributed by atoms with van der Waals surface area (Å²) in [7, 11) is -4.09. The van der Waals surface area contributed by atoms with Gasteiger partial charge in [-0.25, -0.2) is 17.5 Å². The van der Waals surface area contributed by atoms with E-state index in [2.05, 4.69) is 5.10 Å². The predicted octanol–water partition coefficient (Wildman–Crippen LogP) is 2.41. The van der Waals surface area contributed by atoms with E-state index >= 15 is 0 Å². The summed E-state index contributed by atoms with van der Waals surface area (Å²) < 4.78 is 74.9. The molecule has 0 saturated heterocycles. The van der Waals surface area contributed by atoms with Gasteiger partial charge in [0.2, 0.25) is 18.3 Å². The molecule has 0 N–H and O–H groups in total. The highest BCUT2D eigenvalue weighted by molar-refractivity contribution is 7.91. The number of sulfone groups is 1. The average molecular weight is 473 g/mol. The third-order valence-corrected chi connectivity index (χ3v) is 5.86. The Hall–Kier alpha value is -2.41. The molecule has 14 heteroatoms. The summed E-state index contributed by atoms with van der Waals surface area (Å²) in [5.74, 6) is -3.40. The molecule has 166 valence electrons. The molecule has 30 heavy (non-hydrogen) atoms. The van der Waals surface area contributed by atoms with Gasteiger partial charge in [-0.3, -0.25) is 4.79 Å². The van der Waals surface area contributed by atoms with Crippen molar-refractivity contribution in [1.29, 1.82) is 0 Å². The van der Waals surface area contributed by atoms with Crippen molar-refractivity contribution in [2.75, 3.05) is 23.0 Å². The maximum atomic E-state index is 13.4. The van der Waals surface area contributed by atoms with Crippen LogP contribution in [0.1, 0.15) is 19.8 Å². The second-order valence-corrected chi connectivity index (χ2v) is 8.89. The highest BCUT2D eigenvalue weighted by Crippen LogP contribution is 2.27. The number of halogens is 5. The lowest BCUT2D eigenvalue weighted by Crippen LogP contribution is -2.32. The smallest absolute Gasteiger partial charge is 0.390 e. The van der Waals surface area contributed by atoms with E-state index in [9.17, 15) is 36.0 Å². The van der Waals surface area contributed by atoms with Gasteiger partial charge in [-0.2, -0.15) is 23.0 Å². The van der Waals surface area contributed by atoms with Gasteiger partial charge in [0.15, 0.2) is 20.8 Å². The Kier molecular flexibility index (Phi) is 7.29. The molecule has 0 aromatic carbocycles. The number of nitrogens with zero attached hydrogens (tertiary/aromatic N) is 4. The topological polar surface area (TPSA) is 99.2 Å². The molecule has 0 radical (unpaired) electrons. The van der Waals surface area contributed by atoms with Crippen LogP contribution in [0.4, 0.5) is 23.2 Å². The Labute approximate surface area is 174 Å². The van der Waals surface area contributed by atoms with Gasteiger partial charge in [-0.1, -0.05) is 11.6 Å². The van der Waals surface area contributed by atoms with Gasteiger partial charge in [0.1, 0.15) is 11.4 Å². The molecule has 0 fully saturated rings. The molecule has 1 amide bonds. The van der Waals surface area contributed by atoms with E-state index in [0.717, 1.165) is 21.8 Å². The number of aromatic nitrogens is 3. The molecule has 2 rings (SSSR count). The van der Waals surface area contributed by atoms with Gasteiger partial charge in [0.25, 0.3) is 0 Å². The molecule has 8 nitrogen and oxygen atoms in total. The monoisotopic (exact) mass is 472 g/mol. The number of amides is 1. The molecule has 2 aromatic heterocycles. The fraction of sp³-hybridized carbons (Fsp3) is 0.438. The quantitative estimate of drug-likeness (QED) is 0.334. The zero-order chi connectivity index (χ0) is 22.7. The molecule has 2 aromatic rings. The lowest BCUT2D eigenvalue weighted by atomic mass is 10.3. The van der Waals surface area contributed by atoms with Gasteiger partial charge < -0.3 is 10.1 Å². The van der Waals surface area contributed by atoms with Crippen molar-refractivity contribution in [2.45, 2.75) is 25.9 Å². The normalized spacial score (nSPS) is 12.2. The van der Waals surface area contributed by atoms with Crippen LogP contribution >= 0.6 is 11.6 Å². The van der Waals surface area contributed by atoms with Crippen LogP contribution < -0.4 is 9.63 Å². The fourth-order valence-electron chi connectivity index (χ4n) is 2.52. The molecular weight excluding hydrogens is 456 g/mol. The number of rotatable bonds is 8. The van der Waals surface area contributed by atoms with E-state index in [0.29, 0.717) is 6.20 Å². The van der Waals surface area contributed by atoms with E-state index in [-0.39, 0.29) is 27.8 Å². The Morgan fingerprint density at radius 1 is 1.33 bits per heavy atom. The lowest BCUT2D eigenvalue weighted by molar-refractivity contribution is -0.606. The first-order valence-corrected chi connectivity index (χ1v) is 10.7. The van der Waals surface area contributed by atoms with Crippen molar-refractivity contribution >= 4 is 33.0 Å². The highest BCUT2D eigenvalue weighted by Gasteiger charge is 2.30. The highest BCUT2D eigenvalue weighted by atomic mass is 35.5. The summed E-state index contributed by atoms with van der Waals surface area (Å²) in [5, 5.41) is 15.1. The number of carbonyl (C=O) groups is 1. The first-order chi connectivity index (χ1) is 13.8. The molecular formula is C16H17ClF4N4O4S. The van der Waals surface area contributed by atoms with Gasteiger partial charge >= 0.3 is 6.18 Å². The minimum atomic E-state index is -4.62. The van der Waals surface area contributed by atoms with E-state index < -0.39 is 52.1 Å². The van der Waals surface area contributed by atoms with E-state index in [4.69, 9.17) is 11.6 Å². The van der Waals surface area contributed by atoms with Crippen LogP contribution in [0.25, 0.3) is 5.69 Å². The van der Waals surface area contributed by atoms with Gasteiger partial charge in [-0.15, -0.1) is 0 Å². The molecule has 0 aliphatic carbocycles. The number of hydrogen-bond acceptors (Lipinski definition) is 5. The van der Waals surface area contributed by atoms with Crippen LogP contribution in [-0.4, -0.2) is 48.3 Å². The molecule has 0 atom stereocenters. The predicted molar refractivity (Wildman–Crippen MR) is 99.5 cm³/mol. The second kappa shape index (κ2) is 9.16. The van der Waals surface area contributed by atoms with Crippen molar-refractivity contribution in [2.24, 2.45) is 0 Å². The summed E-state index contributed by atoms with van der Waals surface area (Å²) in [6.45, 7) is 1.62. The number of hydrogen-bond donors (Lipinski definition) is 0. The maximum Gasteiger partial charge on any atom is 0.390 e. The van der Waals surface area contributed by atoms with Crippen molar-refractivity contribution in [3.8, 4) is 5.69 Å².